The van der Waals surface area contributed by atoms with Gasteiger partial charge in [-0.2, -0.15) is 0 Å². The van der Waals surface area contributed by atoms with Gasteiger partial charge in [-0.25, -0.2) is 4.68 Å². The third-order valence-corrected chi connectivity index (χ3v) is 7.23. The molecule has 1 saturated carbocycles. The maximum atomic E-state index is 12.9. The molecule has 0 amide bonds. The second-order valence-corrected chi connectivity index (χ2v) is 9.75. The summed E-state index contributed by atoms with van der Waals surface area (Å²) in [5, 5.41) is 15.8. The topological polar surface area (TPSA) is 79.7 Å². The highest BCUT2D eigenvalue weighted by atomic mass is 32.1. The normalized spacial score (nSPS) is 15.1. The van der Waals surface area contributed by atoms with Gasteiger partial charge in [-0.15, -0.1) is 16.4 Å². The molecule has 1 aliphatic rings. The van der Waals surface area contributed by atoms with Crippen LogP contribution in [0, 0.1) is 6.92 Å². The number of hydrogen-bond acceptors (Lipinski definition) is 6. The first-order valence-electron chi connectivity index (χ1n) is 11.3. The number of rotatable bonds is 7. The average Bonchev–Trinajstić information content (AvgIpc) is 3.48. The number of fused-ring (bicyclic) bond motifs is 1. The minimum Gasteiger partial charge on any atom is -0.321 e. The van der Waals surface area contributed by atoms with Crippen LogP contribution in [0.3, 0.4) is 0 Å². The van der Waals surface area contributed by atoms with E-state index in [0.29, 0.717) is 19.1 Å². The van der Waals surface area contributed by atoms with Gasteiger partial charge < -0.3 is 4.98 Å². The quantitative estimate of drug-likeness (QED) is 0.447. The molecule has 3 aromatic heterocycles. The Labute approximate surface area is 191 Å². The molecule has 5 rings (SSSR count). The van der Waals surface area contributed by atoms with Crippen LogP contribution in [-0.2, 0) is 19.6 Å². The number of para-hydroxylation sites is 1. The lowest BCUT2D eigenvalue weighted by Gasteiger charge is -2.25. The van der Waals surface area contributed by atoms with Crippen molar-refractivity contribution in [1.82, 2.24) is 30.1 Å². The molecular weight excluding hydrogens is 420 g/mol. The Hall–Kier alpha value is -2.84. The van der Waals surface area contributed by atoms with Crippen LogP contribution in [0.15, 0.2) is 46.6 Å². The van der Waals surface area contributed by atoms with Gasteiger partial charge in [-0.05, 0) is 58.7 Å². The highest BCUT2D eigenvalue weighted by Gasteiger charge is 2.22. The van der Waals surface area contributed by atoms with E-state index < -0.39 is 0 Å². The molecule has 4 aromatic rings. The largest absolute Gasteiger partial charge is 0.321 e. The molecule has 0 saturated heterocycles. The van der Waals surface area contributed by atoms with E-state index in [1.54, 1.807) is 11.3 Å². The van der Waals surface area contributed by atoms with Gasteiger partial charge in [0.25, 0.3) is 5.56 Å². The average molecular weight is 449 g/mol. The Kier molecular flexibility index (Phi) is 6.14. The van der Waals surface area contributed by atoms with Crippen LogP contribution in [0.5, 0.6) is 0 Å². The number of aromatic amines is 1. The zero-order chi connectivity index (χ0) is 21.9. The Balaban J connectivity index is 1.44. The minimum absolute atomic E-state index is 0.0325. The van der Waals surface area contributed by atoms with Gasteiger partial charge >= 0.3 is 0 Å². The summed E-state index contributed by atoms with van der Waals surface area (Å²) in [6, 6.07) is 12.7. The predicted molar refractivity (Wildman–Crippen MR) is 127 cm³/mol. The third kappa shape index (κ3) is 4.52. The van der Waals surface area contributed by atoms with Crippen molar-refractivity contribution in [2.45, 2.75) is 64.7 Å². The first-order valence-corrected chi connectivity index (χ1v) is 12.2. The number of aromatic nitrogens is 5. The molecule has 1 fully saturated rings. The van der Waals surface area contributed by atoms with Crippen LogP contribution in [0.4, 0.5) is 0 Å². The molecule has 1 N–H and O–H groups in total. The highest BCUT2D eigenvalue weighted by Crippen LogP contribution is 2.28. The number of hydrogen-bond donors (Lipinski definition) is 1. The van der Waals surface area contributed by atoms with Crippen molar-refractivity contribution < 1.29 is 0 Å². The fourth-order valence-electron chi connectivity index (χ4n) is 4.70. The molecule has 0 unspecified atom stereocenters. The summed E-state index contributed by atoms with van der Waals surface area (Å²) in [4.78, 5) is 19.5. The van der Waals surface area contributed by atoms with E-state index in [1.807, 2.05) is 29.8 Å². The Morgan fingerprint density at radius 1 is 1.12 bits per heavy atom. The molecule has 3 heterocycles. The lowest BCUT2D eigenvalue weighted by Crippen LogP contribution is -2.28. The zero-order valence-electron chi connectivity index (χ0n) is 18.3. The number of tetrazole rings is 1. The van der Waals surface area contributed by atoms with Crippen LogP contribution < -0.4 is 5.56 Å². The summed E-state index contributed by atoms with van der Waals surface area (Å²) in [6.07, 6.45) is 6.02. The monoisotopic (exact) mass is 448 g/mol. The summed E-state index contributed by atoms with van der Waals surface area (Å²) in [7, 11) is 0. The molecule has 0 aliphatic heterocycles. The van der Waals surface area contributed by atoms with Gasteiger partial charge in [0, 0.05) is 23.5 Å². The van der Waals surface area contributed by atoms with Gasteiger partial charge in [-0.3, -0.25) is 9.69 Å². The Morgan fingerprint density at radius 2 is 2.00 bits per heavy atom. The van der Waals surface area contributed by atoms with Crippen molar-refractivity contribution in [1.29, 1.82) is 0 Å². The molecule has 1 aliphatic carbocycles. The SMILES string of the molecule is Cc1cccc2cc(CN(Cc3cccs3)Cc3nnnn3C3CCCCC3)c(=O)[nH]c12. The third-order valence-electron chi connectivity index (χ3n) is 6.36. The van der Waals surface area contributed by atoms with Crippen LogP contribution in [0.25, 0.3) is 10.9 Å². The van der Waals surface area contributed by atoms with Gasteiger partial charge in [-0.1, -0.05) is 43.5 Å². The maximum Gasteiger partial charge on any atom is 0.252 e. The first kappa shape index (κ1) is 21.0. The van der Waals surface area contributed by atoms with Crippen molar-refractivity contribution in [3.05, 3.63) is 74.0 Å². The molecule has 32 heavy (non-hydrogen) atoms. The fraction of sp³-hybridized carbons (Fsp3) is 0.417. The van der Waals surface area contributed by atoms with Crippen molar-refractivity contribution >= 4 is 22.2 Å². The lowest BCUT2D eigenvalue weighted by molar-refractivity contribution is 0.227. The van der Waals surface area contributed by atoms with Crippen LogP contribution in [0.2, 0.25) is 0 Å². The standard InChI is InChI=1S/C24H28N6OS/c1-17-7-5-8-18-13-19(24(31)25-23(17)18)14-29(15-21-11-6-12-32-21)16-22-26-27-28-30(22)20-9-3-2-4-10-20/h5-8,11-13,20H,2-4,9-10,14-16H2,1H3,(H,25,31). The van der Waals surface area contributed by atoms with Crippen molar-refractivity contribution in [3.63, 3.8) is 0 Å². The summed E-state index contributed by atoms with van der Waals surface area (Å²) >= 11 is 1.73. The van der Waals surface area contributed by atoms with E-state index in [9.17, 15) is 4.79 Å². The Bertz CT molecular complexity index is 1240. The van der Waals surface area contributed by atoms with Crippen LogP contribution >= 0.6 is 11.3 Å². The molecule has 0 spiro atoms. The summed E-state index contributed by atoms with van der Waals surface area (Å²) < 4.78 is 2.02. The smallest absolute Gasteiger partial charge is 0.252 e. The molecule has 0 radical (unpaired) electrons. The van der Waals surface area contributed by atoms with E-state index in [2.05, 4.69) is 49.0 Å². The molecule has 7 nitrogen and oxygen atoms in total. The summed E-state index contributed by atoms with van der Waals surface area (Å²) in [5.74, 6) is 0.876. The van der Waals surface area contributed by atoms with Crippen LogP contribution in [0.1, 0.15) is 60.0 Å². The number of aryl methyl sites for hydroxylation is 1. The predicted octanol–water partition coefficient (Wildman–Crippen LogP) is 4.59. The number of thiophene rings is 1. The molecule has 1 aromatic carbocycles. The van der Waals surface area contributed by atoms with Gasteiger partial charge in [0.1, 0.15) is 0 Å². The zero-order valence-corrected chi connectivity index (χ0v) is 19.1. The second kappa shape index (κ2) is 9.34. The van der Waals surface area contributed by atoms with E-state index in [0.717, 1.165) is 47.2 Å². The van der Waals surface area contributed by atoms with Gasteiger partial charge in [0.2, 0.25) is 0 Å². The summed E-state index contributed by atoms with van der Waals surface area (Å²) in [5.41, 5.74) is 2.71. The molecule has 0 atom stereocenters. The molecule has 0 bridgehead atoms. The number of pyridine rings is 1. The fourth-order valence-corrected chi connectivity index (χ4v) is 5.45. The maximum absolute atomic E-state index is 12.9. The van der Waals surface area contributed by atoms with E-state index >= 15 is 0 Å². The second-order valence-electron chi connectivity index (χ2n) is 8.72. The van der Waals surface area contributed by atoms with Gasteiger partial charge in [0.05, 0.1) is 18.1 Å². The molecule has 8 heteroatoms. The Morgan fingerprint density at radius 3 is 2.81 bits per heavy atom. The molecular formula is C24H28N6OS. The number of benzene rings is 1. The lowest BCUT2D eigenvalue weighted by atomic mass is 9.95. The van der Waals surface area contributed by atoms with E-state index in [-0.39, 0.29) is 5.56 Å². The highest BCUT2D eigenvalue weighted by molar-refractivity contribution is 7.09. The van der Waals surface area contributed by atoms with E-state index in [4.69, 9.17) is 0 Å². The van der Waals surface area contributed by atoms with Crippen molar-refractivity contribution in [3.8, 4) is 0 Å². The van der Waals surface area contributed by atoms with Gasteiger partial charge in [0.15, 0.2) is 5.82 Å². The van der Waals surface area contributed by atoms with Crippen molar-refractivity contribution in [2.24, 2.45) is 0 Å². The first-order chi connectivity index (χ1) is 15.7. The number of H-pyrrole nitrogens is 1. The minimum atomic E-state index is -0.0325. The summed E-state index contributed by atoms with van der Waals surface area (Å²) in [6.45, 7) is 3.91. The number of nitrogens with one attached hydrogen (secondary N) is 1. The van der Waals surface area contributed by atoms with Crippen molar-refractivity contribution in [2.75, 3.05) is 0 Å². The number of nitrogens with zero attached hydrogens (tertiary/aromatic N) is 5. The van der Waals surface area contributed by atoms with Crippen LogP contribution in [-0.4, -0.2) is 30.1 Å². The van der Waals surface area contributed by atoms with E-state index in [1.165, 1.54) is 24.1 Å². The molecule has 166 valence electrons.